The van der Waals surface area contributed by atoms with Crippen molar-refractivity contribution in [2.24, 2.45) is 23.7 Å². The van der Waals surface area contributed by atoms with Gasteiger partial charge >= 0.3 is 5.97 Å². The zero-order valence-corrected chi connectivity index (χ0v) is 23.2. The number of amides is 2. The third-order valence-electron chi connectivity index (χ3n) is 8.62. The highest BCUT2D eigenvalue weighted by Gasteiger charge is 2.81. The number of aliphatic hydroxyl groups is 1. The number of fused-ring (bicyclic) bond motifs is 1. The van der Waals surface area contributed by atoms with Gasteiger partial charge < -0.3 is 24.4 Å². The van der Waals surface area contributed by atoms with E-state index in [-0.39, 0.29) is 37.5 Å². The number of ether oxygens (including phenoxy) is 2. The first-order valence-corrected chi connectivity index (χ1v) is 13.4. The lowest BCUT2D eigenvalue weighted by Crippen LogP contribution is -2.60. The van der Waals surface area contributed by atoms with Gasteiger partial charge in [-0.15, -0.1) is 6.58 Å². The zero-order chi connectivity index (χ0) is 28.0. The highest BCUT2D eigenvalue weighted by Crippen LogP contribution is 2.66. The molecule has 0 aliphatic carbocycles. The number of halogens is 1. The van der Waals surface area contributed by atoms with E-state index in [2.05, 4.69) is 13.2 Å². The minimum absolute atomic E-state index is 0.00462. The van der Waals surface area contributed by atoms with Crippen molar-refractivity contribution < 1.29 is 29.0 Å². The van der Waals surface area contributed by atoms with Crippen molar-refractivity contribution in [3.63, 3.8) is 0 Å². The van der Waals surface area contributed by atoms with Crippen molar-refractivity contribution in [3.8, 4) is 0 Å². The van der Waals surface area contributed by atoms with E-state index in [4.69, 9.17) is 21.1 Å². The van der Waals surface area contributed by atoms with E-state index >= 15 is 0 Å². The van der Waals surface area contributed by atoms with Crippen LogP contribution in [0.5, 0.6) is 0 Å². The predicted octanol–water partition coefficient (Wildman–Crippen LogP) is 3.62. The Morgan fingerprint density at radius 1 is 1.32 bits per heavy atom. The van der Waals surface area contributed by atoms with E-state index in [0.717, 1.165) is 0 Å². The number of rotatable bonds is 10. The lowest BCUT2D eigenvalue weighted by Gasteiger charge is -2.40. The third-order valence-corrected chi connectivity index (χ3v) is 8.94. The molecule has 3 aliphatic rings. The van der Waals surface area contributed by atoms with Crippen molar-refractivity contribution in [1.82, 2.24) is 4.90 Å². The molecule has 3 heterocycles. The Morgan fingerprint density at radius 2 is 2.00 bits per heavy atom. The summed E-state index contributed by atoms with van der Waals surface area (Å²) in [5.41, 5.74) is -1.79. The first-order chi connectivity index (χ1) is 18.0. The molecule has 2 amide bonds. The van der Waals surface area contributed by atoms with E-state index in [1.165, 1.54) is 15.9 Å². The Labute approximate surface area is 229 Å². The lowest BCUT2D eigenvalue weighted by molar-refractivity contribution is -0.162. The number of aliphatic hydroxyl groups excluding tert-OH is 1. The van der Waals surface area contributed by atoms with Crippen molar-refractivity contribution in [2.75, 3.05) is 24.7 Å². The van der Waals surface area contributed by atoms with Crippen molar-refractivity contribution in [3.05, 3.63) is 54.6 Å². The van der Waals surface area contributed by atoms with E-state index in [0.29, 0.717) is 17.1 Å². The van der Waals surface area contributed by atoms with Crippen LogP contribution < -0.4 is 4.90 Å². The van der Waals surface area contributed by atoms with Gasteiger partial charge in [0.2, 0.25) is 5.91 Å². The van der Waals surface area contributed by atoms with Crippen LogP contribution in [0.2, 0.25) is 5.02 Å². The summed E-state index contributed by atoms with van der Waals surface area (Å²) in [5, 5.41) is 10.8. The van der Waals surface area contributed by atoms with Gasteiger partial charge in [-0.05, 0) is 37.3 Å². The van der Waals surface area contributed by atoms with Crippen molar-refractivity contribution >= 4 is 35.1 Å². The second-order valence-corrected chi connectivity index (χ2v) is 11.5. The number of hydrogen-bond donors (Lipinski definition) is 1. The van der Waals surface area contributed by atoms with Crippen LogP contribution in [-0.4, -0.2) is 70.8 Å². The van der Waals surface area contributed by atoms with Gasteiger partial charge in [0, 0.05) is 6.54 Å². The van der Waals surface area contributed by atoms with Gasteiger partial charge in [-0.25, -0.2) is 0 Å². The first kappa shape index (κ1) is 28.3. The number of esters is 1. The molecule has 9 heteroatoms. The zero-order valence-electron chi connectivity index (χ0n) is 22.4. The molecule has 3 fully saturated rings. The molecule has 38 heavy (non-hydrogen) atoms. The number of para-hydroxylation sites is 1. The normalized spacial score (nSPS) is 32.3. The topological polar surface area (TPSA) is 96.4 Å². The van der Waals surface area contributed by atoms with Crippen LogP contribution in [0.4, 0.5) is 5.69 Å². The molecule has 1 spiro atoms. The van der Waals surface area contributed by atoms with Gasteiger partial charge in [0.1, 0.15) is 24.2 Å². The number of carbonyl (C=O) groups is 3. The van der Waals surface area contributed by atoms with Gasteiger partial charge in [-0.3, -0.25) is 14.4 Å². The summed E-state index contributed by atoms with van der Waals surface area (Å²) in [6.45, 7) is 14.8. The Kier molecular flexibility index (Phi) is 7.81. The van der Waals surface area contributed by atoms with Crippen LogP contribution in [0.15, 0.2) is 49.6 Å². The highest BCUT2D eigenvalue weighted by atomic mass is 35.5. The van der Waals surface area contributed by atoms with Crippen LogP contribution in [0.1, 0.15) is 34.1 Å². The number of carbonyl (C=O) groups excluding carboxylic acids is 3. The van der Waals surface area contributed by atoms with Crippen LogP contribution in [0.25, 0.3) is 0 Å². The van der Waals surface area contributed by atoms with E-state index in [1.807, 2.05) is 27.7 Å². The van der Waals surface area contributed by atoms with Crippen LogP contribution in [-0.2, 0) is 23.9 Å². The summed E-state index contributed by atoms with van der Waals surface area (Å²) in [5.74, 6) is -3.47. The molecular weight excluding hydrogens is 508 g/mol. The summed E-state index contributed by atoms with van der Waals surface area (Å²) in [7, 11) is 0. The third kappa shape index (κ3) is 4.08. The fourth-order valence-corrected chi connectivity index (χ4v) is 7.01. The maximum absolute atomic E-state index is 14.6. The number of likely N-dealkylation sites (tertiary alicyclic amines) is 1. The first-order valence-electron chi connectivity index (χ1n) is 13.1. The number of hydrogen-bond acceptors (Lipinski definition) is 6. The summed E-state index contributed by atoms with van der Waals surface area (Å²) in [4.78, 5) is 45.3. The molecule has 3 aliphatic heterocycles. The fourth-order valence-electron chi connectivity index (χ4n) is 6.78. The number of nitrogens with zero attached hydrogens (tertiary/aromatic N) is 2. The molecule has 1 aromatic carbocycles. The Morgan fingerprint density at radius 3 is 2.58 bits per heavy atom. The average molecular weight is 545 g/mol. The fraction of sp³-hybridized carbons (Fsp3) is 0.552. The highest BCUT2D eigenvalue weighted by molar-refractivity contribution is 6.34. The molecule has 0 aromatic heterocycles. The summed E-state index contributed by atoms with van der Waals surface area (Å²) < 4.78 is 12.2. The Balaban J connectivity index is 1.90. The van der Waals surface area contributed by atoms with E-state index < -0.39 is 47.0 Å². The lowest BCUT2D eigenvalue weighted by atomic mass is 9.62. The molecular formula is C29H37ClN2O6. The smallest absolute Gasteiger partial charge is 0.313 e. The second kappa shape index (κ2) is 10.5. The molecule has 1 aromatic rings. The standard InChI is InChI=1S/C29H37ClN2O6/c1-7-13-31(20-12-10-9-11-19(20)30)26(35)24-29-15-18(5)28(6,38-29)23(27(36)37-14-8-2)22(29)25(34)32(24)21(16-33)17(3)4/h7-12,17-18,21-24,33H,1-2,13-16H2,3-6H3/t18?,21-,22-,23+,24?,28-,29?/m0/s1. The molecule has 2 bridgehead atoms. The molecule has 3 saturated heterocycles. The monoisotopic (exact) mass is 544 g/mol. The predicted molar refractivity (Wildman–Crippen MR) is 144 cm³/mol. The van der Waals surface area contributed by atoms with Gasteiger partial charge in [0.05, 0.1) is 34.9 Å². The number of anilines is 1. The van der Waals surface area contributed by atoms with Crippen LogP contribution in [0.3, 0.4) is 0 Å². The van der Waals surface area contributed by atoms with Gasteiger partial charge in [0.15, 0.2) is 0 Å². The summed E-state index contributed by atoms with van der Waals surface area (Å²) in [6.07, 6.45) is 3.47. The minimum Gasteiger partial charge on any atom is -0.461 e. The van der Waals surface area contributed by atoms with Crippen LogP contribution >= 0.6 is 11.6 Å². The molecule has 0 radical (unpaired) electrons. The molecule has 206 valence electrons. The average Bonchev–Trinajstić information content (AvgIpc) is 3.38. The van der Waals surface area contributed by atoms with E-state index in [9.17, 15) is 19.5 Å². The quantitative estimate of drug-likeness (QED) is 0.357. The van der Waals surface area contributed by atoms with Crippen molar-refractivity contribution in [1.29, 1.82) is 0 Å². The molecule has 8 nitrogen and oxygen atoms in total. The largest absolute Gasteiger partial charge is 0.461 e. The minimum atomic E-state index is -1.27. The van der Waals surface area contributed by atoms with Crippen molar-refractivity contribution in [2.45, 2.75) is 57.4 Å². The molecule has 3 unspecified atom stereocenters. The number of benzene rings is 1. The van der Waals surface area contributed by atoms with Crippen LogP contribution in [0, 0.1) is 23.7 Å². The SMILES string of the molecule is C=CCOC(=O)[C@H]1[C@H]2C(=O)N([C@@H](CO)C(C)C)C(C(=O)N(CC=C)c3ccccc3Cl)C23CC(C)[C@]1(C)O3. The van der Waals surface area contributed by atoms with Gasteiger partial charge in [-0.2, -0.15) is 0 Å². The second-order valence-electron chi connectivity index (χ2n) is 11.1. The van der Waals surface area contributed by atoms with Gasteiger partial charge in [-0.1, -0.05) is 63.2 Å². The van der Waals surface area contributed by atoms with E-state index in [1.54, 1.807) is 30.3 Å². The molecule has 0 saturated carbocycles. The Hall–Kier alpha value is -2.68. The summed E-state index contributed by atoms with van der Waals surface area (Å²) >= 11 is 6.51. The summed E-state index contributed by atoms with van der Waals surface area (Å²) in [6, 6.07) is 5.22. The molecule has 4 rings (SSSR count). The van der Waals surface area contributed by atoms with Gasteiger partial charge in [0.25, 0.3) is 5.91 Å². The Bertz CT molecular complexity index is 1140. The molecule has 1 N–H and O–H groups in total. The maximum atomic E-state index is 14.6. The molecule has 7 atom stereocenters. The maximum Gasteiger partial charge on any atom is 0.313 e.